The maximum Gasteiger partial charge on any atom is 0.180 e. The van der Waals surface area contributed by atoms with Crippen molar-refractivity contribution in [3.63, 3.8) is 0 Å². The van der Waals surface area contributed by atoms with Gasteiger partial charge in [-0.05, 0) is 81.5 Å². The molecule has 0 bridgehead atoms. The summed E-state index contributed by atoms with van der Waals surface area (Å²) in [7, 11) is 1.69. The largest absolute Gasteiger partial charge is 0.496 e. The Kier molecular flexibility index (Phi) is 9.36. The second-order valence-corrected chi connectivity index (χ2v) is 12.6. The van der Waals surface area contributed by atoms with Gasteiger partial charge in [-0.3, -0.25) is 4.79 Å². The lowest BCUT2D eigenvalue weighted by atomic mass is 9.78. The van der Waals surface area contributed by atoms with Gasteiger partial charge in [0.25, 0.3) is 0 Å². The van der Waals surface area contributed by atoms with E-state index in [9.17, 15) is 4.79 Å². The molecular weight excluding hydrogens is 502 g/mol. The first-order valence-corrected chi connectivity index (χ1v) is 15.6. The normalized spacial score (nSPS) is 21.1. The van der Waals surface area contributed by atoms with Gasteiger partial charge in [0, 0.05) is 28.5 Å². The van der Waals surface area contributed by atoms with Gasteiger partial charge in [-0.15, -0.1) is 11.3 Å². The van der Waals surface area contributed by atoms with E-state index >= 15 is 0 Å². The monoisotopic (exact) mass is 545 g/mol. The first-order chi connectivity index (χ1) is 19.0. The van der Waals surface area contributed by atoms with Crippen molar-refractivity contribution in [2.75, 3.05) is 25.9 Å². The maximum absolute atomic E-state index is 13.1. The number of Topliss-reactive ketones (excluding diaryl/α,β-unsaturated/α-hetero) is 1. The Morgan fingerprint density at radius 2 is 1.77 bits per heavy atom. The molecule has 1 heterocycles. The van der Waals surface area contributed by atoms with Crippen LogP contribution in [-0.4, -0.2) is 41.9 Å². The summed E-state index contributed by atoms with van der Waals surface area (Å²) in [4.78, 5) is 21.7. The summed E-state index contributed by atoms with van der Waals surface area (Å²) in [6.07, 6.45) is 11.4. The highest BCUT2D eigenvalue weighted by Crippen LogP contribution is 2.35. The summed E-state index contributed by atoms with van der Waals surface area (Å²) in [6.45, 7) is 4.66. The fraction of sp³-hybridized carbons (Fsp3) is 0.515. The van der Waals surface area contributed by atoms with Gasteiger partial charge in [-0.1, -0.05) is 62.2 Å². The number of aryl methyl sites for hydroxylation is 1. The molecule has 5 nitrogen and oxygen atoms in total. The van der Waals surface area contributed by atoms with Crippen molar-refractivity contribution < 1.29 is 9.53 Å². The third kappa shape index (κ3) is 6.90. The average Bonchev–Trinajstić information content (AvgIpc) is 3.35. The zero-order valence-electron chi connectivity index (χ0n) is 23.5. The molecule has 6 heteroatoms. The van der Waals surface area contributed by atoms with Gasteiger partial charge in [0.2, 0.25) is 0 Å². The molecule has 0 spiro atoms. The quantitative estimate of drug-likeness (QED) is 0.254. The molecule has 39 heavy (non-hydrogen) atoms. The fourth-order valence-electron chi connectivity index (χ4n) is 6.62. The number of carbonyl (C=O) groups is 1. The number of para-hydroxylation sites is 1. The summed E-state index contributed by atoms with van der Waals surface area (Å²) in [5.41, 5.74) is 10.2. The van der Waals surface area contributed by atoms with E-state index in [1.165, 1.54) is 68.6 Å². The third-order valence-electron chi connectivity index (χ3n) is 8.85. The lowest BCUT2D eigenvalue weighted by molar-refractivity contribution is 0.0937. The smallest absolute Gasteiger partial charge is 0.180 e. The van der Waals surface area contributed by atoms with Crippen LogP contribution in [0.1, 0.15) is 79.2 Å². The standard InChI is InChI=1S/C33H43N3O2S/c1-3-19-36(27-16-17-29-32(22-27)39-33(34)35-29)20-18-23-8-10-24(11-9-23)21-30(37)26-14-12-25(13-15-26)28-6-4-5-7-31(28)38-2/h4-7,12-15,23-24,27H,3,8-11,16-22H2,1-2H3,(H2,34,35)/t23?,24?,27-/m0/s1. The third-order valence-corrected chi connectivity index (χ3v) is 9.80. The number of methoxy groups -OCH3 is 1. The van der Waals surface area contributed by atoms with E-state index in [4.69, 9.17) is 10.5 Å². The van der Waals surface area contributed by atoms with Crippen molar-refractivity contribution in [1.29, 1.82) is 0 Å². The van der Waals surface area contributed by atoms with Crippen LogP contribution in [0.5, 0.6) is 5.75 Å². The molecule has 0 aliphatic heterocycles. The minimum Gasteiger partial charge on any atom is -0.496 e. The molecule has 1 aromatic heterocycles. The summed E-state index contributed by atoms with van der Waals surface area (Å²) >= 11 is 1.69. The van der Waals surface area contributed by atoms with E-state index in [-0.39, 0.29) is 5.78 Å². The molecule has 1 saturated carbocycles. The Morgan fingerprint density at radius 1 is 1.03 bits per heavy atom. The van der Waals surface area contributed by atoms with Gasteiger partial charge in [-0.2, -0.15) is 0 Å². The molecule has 3 aromatic rings. The predicted molar refractivity (Wildman–Crippen MR) is 162 cm³/mol. The number of benzene rings is 2. The van der Waals surface area contributed by atoms with Gasteiger partial charge < -0.3 is 15.4 Å². The molecule has 1 fully saturated rings. The number of thiazole rings is 1. The number of ketones is 1. The molecule has 2 N–H and O–H groups in total. The summed E-state index contributed by atoms with van der Waals surface area (Å²) in [6, 6.07) is 16.7. The molecule has 0 radical (unpaired) electrons. The summed E-state index contributed by atoms with van der Waals surface area (Å²) in [5.74, 6) is 2.43. The van der Waals surface area contributed by atoms with Crippen LogP contribution < -0.4 is 10.5 Å². The van der Waals surface area contributed by atoms with Crippen molar-refractivity contribution in [2.45, 2.75) is 77.2 Å². The molecule has 208 valence electrons. The number of nitrogen functional groups attached to an aromatic ring is 1. The van der Waals surface area contributed by atoms with Crippen molar-refractivity contribution in [2.24, 2.45) is 11.8 Å². The lowest BCUT2D eigenvalue weighted by Crippen LogP contribution is -2.41. The number of fused-ring (bicyclic) bond motifs is 1. The Balaban J connectivity index is 1.08. The van der Waals surface area contributed by atoms with Crippen LogP contribution in [0.25, 0.3) is 11.1 Å². The van der Waals surface area contributed by atoms with Crippen molar-refractivity contribution in [1.82, 2.24) is 9.88 Å². The lowest BCUT2D eigenvalue weighted by Gasteiger charge is -2.36. The van der Waals surface area contributed by atoms with E-state index in [0.717, 1.165) is 46.3 Å². The van der Waals surface area contributed by atoms with Gasteiger partial charge in [0.15, 0.2) is 10.9 Å². The van der Waals surface area contributed by atoms with Gasteiger partial charge in [0.05, 0.1) is 12.8 Å². The van der Waals surface area contributed by atoms with Crippen molar-refractivity contribution in [3.05, 3.63) is 64.7 Å². The maximum atomic E-state index is 13.1. The van der Waals surface area contributed by atoms with Gasteiger partial charge in [0.1, 0.15) is 5.75 Å². The molecule has 0 unspecified atom stereocenters. The number of hydrogen-bond acceptors (Lipinski definition) is 6. The zero-order chi connectivity index (χ0) is 27.2. The van der Waals surface area contributed by atoms with Crippen LogP contribution in [0.2, 0.25) is 0 Å². The Labute approximate surface area is 237 Å². The van der Waals surface area contributed by atoms with Crippen LogP contribution in [-0.2, 0) is 12.8 Å². The second kappa shape index (κ2) is 13.1. The van der Waals surface area contributed by atoms with E-state index < -0.39 is 0 Å². The first kappa shape index (κ1) is 27.9. The summed E-state index contributed by atoms with van der Waals surface area (Å²) in [5, 5.41) is 0.725. The van der Waals surface area contributed by atoms with E-state index in [1.807, 2.05) is 42.5 Å². The van der Waals surface area contributed by atoms with E-state index in [0.29, 0.717) is 18.4 Å². The van der Waals surface area contributed by atoms with Crippen LogP contribution in [0.15, 0.2) is 48.5 Å². The Morgan fingerprint density at radius 3 is 2.51 bits per heavy atom. The average molecular weight is 546 g/mol. The molecule has 1 atom stereocenters. The predicted octanol–water partition coefficient (Wildman–Crippen LogP) is 7.44. The highest BCUT2D eigenvalue weighted by molar-refractivity contribution is 7.15. The molecule has 0 saturated heterocycles. The topological polar surface area (TPSA) is 68.5 Å². The zero-order valence-corrected chi connectivity index (χ0v) is 24.3. The van der Waals surface area contributed by atoms with Crippen LogP contribution >= 0.6 is 11.3 Å². The number of nitrogens with two attached hydrogens (primary N) is 1. The molecule has 2 aliphatic rings. The van der Waals surface area contributed by atoms with Crippen LogP contribution in [0.3, 0.4) is 0 Å². The number of rotatable bonds is 11. The number of nitrogens with zero attached hydrogens (tertiary/aromatic N) is 2. The second-order valence-electron chi connectivity index (χ2n) is 11.4. The number of carbonyl (C=O) groups excluding carboxylic acids is 1. The van der Waals surface area contributed by atoms with Gasteiger partial charge in [-0.25, -0.2) is 4.98 Å². The summed E-state index contributed by atoms with van der Waals surface area (Å²) < 4.78 is 5.50. The minimum atomic E-state index is 0.277. The number of anilines is 1. The molecule has 2 aromatic carbocycles. The van der Waals surface area contributed by atoms with Crippen molar-refractivity contribution >= 4 is 22.3 Å². The number of hydrogen-bond donors (Lipinski definition) is 1. The minimum absolute atomic E-state index is 0.277. The SMILES string of the molecule is CCCN(CCC1CCC(CC(=O)c2ccc(-c3ccccc3OC)cc2)CC1)[C@H]1CCc2nc(N)sc2C1. The van der Waals surface area contributed by atoms with Crippen LogP contribution in [0.4, 0.5) is 5.13 Å². The first-order valence-electron chi connectivity index (χ1n) is 14.8. The highest BCUT2D eigenvalue weighted by atomic mass is 32.1. The van der Waals surface area contributed by atoms with E-state index in [2.05, 4.69) is 22.9 Å². The van der Waals surface area contributed by atoms with Crippen molar-refractivity contribution in [3.8, 4) is 16.9 Å². The Hall–Kier alpha value is -2.70. The molecule has 5 rings (SSSR count). The number of ether oxygens (including phenoxy) is 1. The molecular formula is C33H43N3O2S. The van der Waals surface area contributed by atoms with Crippen LogP contribution in [0, 0.1) is 11.8 Å². The highest BCUT2D eigenvalue weighted by Gasteiger charge is 2.28. The van der Waals surface area contributed by atoms with Gasteiger partial charge >= 0.3 is 0 Å². The Bertz CT molecular complexity index is 1230. The fourth-order valence-corrected chi connectivity index (χ4v) is 7.57. The van der Waals surface area contributed by atoms with E-state index in [1.54, 1.807) is 18.4 Å². The molecule has 0 amide bonds. The number of aromatic nitrogens is 1. The molecule has 2 aliphatic carbocycles.